The first-order valence-corrected chi connectivity index (χ1v) is 12.5. The molecule has 0 unspecified atom stereocenters. The van der Waals surface area contributed by atoms with Crippen LogP contribution < -0.4 is 5.56 Å². The number of hydrogen-bond acceptors (Lipinski definition) is 4. The number of benzene rings is 3. The summed E-state index contributed by atoms with van der Waals surface area (Å²) in [6.07, 6.45) is 1.78. The maximum absolute atomic E-state index is 13.4. The van der Waals surface area contributed by atoms with E-state index in [9.17, 15) is 4.79 Å². The van der Waals surface area contributed by atoms with Gasteiger partial charge in [-0.2, -0.15) is 5.10 Å². The predicted molar refractivity (Wildman–Crippen MR) is 147 cm³/mol. The van der Waals surface area contributed by atoms with Crippen LogP contribution in [-0.2, 0) is 7.05 Å². The van der Waals surface area contributed by atoms with E-state index >= 15 is 0 Å². The molecule has 0 N–H and O–H groups in total. The zero-order valence-electron chi connectivity index (χ0n) is 20.7. The molecule has 5 aromatic rings. The van der Waals surface area contributed by atoms with E-state index in [1.54, 1.807) is 22.7 Å². The van der Waals surface area contributed by atoms with Gasteiger partial charge in [0, 0.05) is 23.7 Å². The van der Waals surface area contributed by atoms with Crippen LogP contribution in [0.1, 0.15) is 22.5 Å². The molecule has 180 valence electrons. The molecule has 0 aliphatic rings. The maximum Gasteiger partial charge on any atom is 0.297 e. The van der Waals surface area contributed by atoms with Crippen molar-refractivity contribution in [3.63, 3.8) is 0 Å². The molecule has 0 atom stereocenters. The maximum atomic E-state index is 13.4. The van der Waals surface area contributed by atoms with Crippen molar-refractivity contribution in [2.24, 2.45) is 12.0 Å². The smallest absolute Gasteiger partial charge is 0.283 e. The Morgan fingerprint density at radius 1 is 0.833 bits per heavy atom. The van der Waals surface area contributed by atoms with E-state index in [-0.39, 0.29) is 5.56 Å². The van der Waals surface area contributed by atoms with E-state index in [1.807, 2.05) is 90.9 Å². The van der Waals surface area contributed by atoms with Gasteiger partial charge < -0.3 is 0 Å². The highest BCUT2D eigenvalue weighted by Crippen LogP contribution is 2.33. The molecule has 0 fully saturated rings. The Hall–Kier alpha value is -4.10. The van der Waals surface area contributed by atoms with Crippen molar-refractivity contribution in [1.29, 1.82) is 0 Å². The van der Waals surface area contributed by atoms with Crippen LogP contribution in [0.2, 0.25) is 0 Å². The first-order chi connectivity index (χ1) is 17.4. The Labute approximate surface area is 214 Å². The third-order valence-electron chi connectivity index (χ3n) is 6.15. The topological polar surface area (TPSA) is 57.1 Å². The van der Waals surface area contributed by atoms with E-state index in [4.69, 9.17) is 10.1 Å². The largest absolute Gasteiger partial charge is 0.297 e. The summed E-state index contributed by atoms with van der Waals surface area (Å²) in [6.45, 7) is 5.96. The highest BCUT2D eigenvalue weighted by atomic mass is 32.2. The average Bonchev–Trinajstić information content (AvgIpc) is 3.32. The van der Waals surface area contributed by atoms with Crippen LogP contribution in [0.5, 0.6) is 0 Å². The molecule has 2 heterocycles. The van der Waals surface area contributed by atoms with Gasteiger partial charge in [-0.15, -0.1) is 0 Å². The van der Waals surface area contributed by atoms with Crippen molar-refractivity contribution in [3.8, 4) is 11.4 Å². The summed E-state index contributed by atoms with van der Waals surface area (Å²) >= 11 is 1.63. The van der Waals surface area contributed by atoms with E-state index < -0.39 is 0 Å². The SMILES string of the molecule is Cc1ccc(Sc2c(C=Nc3c(C)n(C)n(-c4ccccc4)c3=O)c(C)nn2-c2ccccc2)cc1. The number of para-hydroxylation sites is 2. The van der Waals surface area contributed by atoms with Crippen molar-refractivity contribution in [2.45, 2.75) is 30.7 Å². The monoisotopic (exact) mass is 493 g/mol. The van der Waals surface area contributed by atoms with Crippen LogP contribution in [0.25, 0.3) is 11.4 Å². The van der Waals surface area contributed by atoms with Gasteiger partial charge in [0.15, 0.2) is 5.69 Å². The highest BCUT2D eigenvalue weighted by molar-refractivity contribution is 7.99. The molecule has 0 aliphatic carbocycles. The lowest BCUT2D eigenvalue weighted by Crippen LogP contribution is -2.19. The second-order valence-corrected chi connectivity index (χ2v) is 9.70. The summed E-state index contributed by atoms with van der Waals surface area (Å²) in [7, 11) is 1.88. The fourth-order valence-corrected chi connectivity index (χ4v) is 5.10. The highest BCUT2D eigenvalue weighted by Gasteiger charge is 2.19. The van der Waals surface area contributed by atoms with Crippen LogP contribution in [-0.4, -0.2) is 25.4 Å². The van der Waals surface area contributed by atoms with Gasteiger partial charge in [-0.3, -0.25) is 9.48 Å². The number of aromatic nitrogens is 4. The lowest BCUT2D eigenvalue weighted by Gasteiger charge is -2.08. The van der Waals surface area contributed by atoms with Crippen LogP contribution in [0.15, 0.2) is 105 Å². The van der Waals surface area contributed by atoms with Gasteiger partial charge in [-0.1, -0.05) is 65.9 Å². The fraction of sp³-hybridized carbons (Fsp3) is 0.138. The molecule has 0 amide bonds. The second-order valence-electron chi connectivity index (χ2n) is 8.64. The summed E-state index contributed by atoms with van der Waals surface area (Å²) in [4.78, 5) is 19.2. The summed E-state index contributed by atoms with van der Waals surface area (Å²) < 4.78 is 5.43. The molecule has 0 aliphatic heterocycles. The molecule has 7 heteroatoms. The van der Waals surface area contributed by atoms with E-state index in [0.29, 0.717) is 5.69 Å². The van der Waals surface area contributed by atoms with Crippen molar-refractivity contribution >= 4 is 23.7 Å². The van der Waals surface area contributed by atoms with Gasteiger partial charge >= 0.3 is 0 Å². The molecule has 0 spiro atoms. The molecule has 3 aromatic carbocycles. The third kappa shape index (κ3) is 4.45. The lowest BCUT2D eigenvalue weighted by molar-refractivity contribution is 0.630. The molecule has 6 nitrogen and oxygen atoms in total. The second kappa shape index (κ2) is 9.87. The first-order valence-electron chi connectivity index (χ1n) is 11.7. The van der Waals surface area contributed by atoms with Crippen molar-refractivity contribution in [2.75, 3.05) is 0 Å². The molecular weight excluding hydrogens is 466 g/mol. The molecule has 36 heavy (non-hydrogen) atoms. The predicted octanol–water partition coefficient (Wildman–Crippen LogP) is 6.19. The Morgan fingerprint density at radius 2 is 1.44 bits per heavy atom. The standard InChI is InChI=1S/C29H27N5OS/c1-20-15-17-25(18-16-20)36-29-26(21(2)31-33(29)23-11-7-5-8-12-23)19-30-27-22(3)32(4)34(28(27)35)24-13-9-6-10-14-24/h5-19H,1-4H3. The summed E-state index contributed by atoms with van der Waals surface area (Å²) in [5.41, 5.74) is 5.77. The number of nitrogens with zero attached hydrogens (tertiary/aromatic N) is 5. The minimum atomic E-state index is -0.154. The summed E-state index contributed by atoms with van der Waals surface area (Å²) in [6, 6.07) is 28.1. The van der Waals surface area contributed by atoms with Crippen molar-refractivity contribution in [1.82, 2.24) is 19.1 Å². The Kier molecular flexibility index (Phi) is 6.48. The Morgan fingerprint density at radius 3 is 2.08 bits per heavy atom. The van der Waals surface area contributed by atoms with Gasteiger partial charge in [0.2, 0.25) is 0 Å². The third-order valence-corrected chi connectivity index (χ3v) is 7.24. The fourth-order valence-electron chi connectivity index (χ4n) is 4.06. The van der Waals surface area contributed by atoms with E-state index in [0.717, 1.165) is 38.2 Å². The minimum absolute atomic E-state index is 0.154. The Bertz CT molecular complexity index is 1590. The van der Waals surface area contributed by atoms with Crippen molar-refractivity contribution < 1.29 is 0 Å². The number of rotatable bonds is 6. The zero-order chi connectivity index (χ0) is 25.2. The molecule has 0 saturated carbocycles. The number of aryl methyl sites for hydroxylation is 2. The average molecular weight is 494 g/mol. The minimum Gasteiger partial charge on any atom is -0.283 e. The summed E-state index contributed by atoms with van der Waals surface area (Å²) in [5.74, 6) is 0. The van der Waals surface area contributed by atoms with E-state index in [2.05, 4.69) is 31.2 Å². The summed E-state index contributed by atoms with van der Waals surface area (Å²) in [5, 5.41) is 5.79. The number of hydrogen-bond donors (Lipinski definition) is 0. The lowest BCUT2D eigenvalue weighted by atomic mass is 10.2. The van der Waals surface area contributed by atoms with Gasteiger partial charge in [0.05, 0.1) is 22.8 Å². The molecule has 5 rings (SSSR count). The first kappa shape index (κ1) is 23.6. The van der Waals surface area contributed by atoms with Crippen LogP contribution in [0.4, 0.5) is 5.69 Å². The Balaban J connectivity index is 1.61. The zero-order valence-corrected chi connectivity index (χ0v) is 21.5. The van der Waals surface area contributed by atoms with Crippen LogP contribution in [0, 0.1) is 20.8 Å². The van der Waals surface area contributed by atoms with Gasteiger partial charge in [-0.05, 0) is 57.2 Å². The molecular formula is C29H27N5OS. The quantitative estimate of drug-likeness (QED) is 0.265. The number of aliphatic imine (C=N–C) groups is 1. The van der Waals surface area contributed by atoms with Gasteiger partial charge in [-0.25, -0.2) is 14.4 Å². The molecule has 2 aromatic heterocycles. The van der Waals surface area contributed by atoms with E-state index in [1.165, 1.54) is 5.56 Å². The molecule has 0 saturated heterocycles. The normalized spacial score (nSPS) is 11.4. The van der Waals surface area contributed by atoms with Crippen molar-refractivity contribution in [3.05, 3.63) is 118 Å². The molecule has 0 radical (unpaired) electrons. The van der Waals surface area contributed by atoms with Gasteiger partial charge in [0.25, 0.3) is 5.56 Å². The van der Waals surface area contributed by atoms with Gasteiger partial charge in [0.1, 0.15) is 5.03 Å². The van der Waals surface area contributed by atoms with Crippen LogP contribution >= 0.6 is 11.8 Å². The van der Waals surface area contributed by atoms with Crippen LogP contribution in [0.3, 0.4) is 0 Å². The molecule has 0 bridgehead atoms.